The van der Waals surface area contributed by atoms with Gasteiger partial charge in [0.1, 0.15) is 6.54 Å². The van der Waals surface area contributed by atoms with E-state index >= 15 is 0 Å². The Morgan fingerprint density at radius 1 is 0.931 bits per heavy atom. The highest BCUT2D eigenvalue weighted by molar-refractivity contribution is 6.06. The standard InChI is InChI=1S/C21H25F3N2O3/c1-3-11-28-18-10-9-15(13-19(18)29-12-4-2)20(27)26-17-8-6-5-7-16(17)25-14-21(22,23)24/h5-10,13,25H,3-4,11-12,14H2,1-2H3,(H,26,27). The summed E-state index contributed by atoms with van der Waals surface area (Å²) < 4.78 is 48.8. The van der Waals surface area contributed by atoms with Crippen LogP contribution < -0.4 is 20.1 Å². The molecule has 0 fully saturated rings. The van der Waals surface area contributed by atoms with Crippen molar-refractivity contribution in [3.05, 3.63) is 48.0 Å². The zero-order chi connectivity index (χ0) is 21.3. The molecule has 2 aromatic carbocycles. The number of carbonyl (C=O) groups is 1. The molecule has 158 valence electrons. The summed E-state index contributed by atoms with van der Waals surface area (Å²) in [7, 11) is 0. The third kappa shape index (κ3) is 7.21. The fourth-order valence-electron chi connectivity index (χ4n) is 2.44. The summed E-state index contributed by atoms with van der Waals surface area (Å²) in [5.74, 6) is 0.537. The number of hydrogen-bond donors (Lipinski definition) is 2. The van der Waals surface area contributed by atoms with Crippen molar-refractivity contribution < 1.29 is 27.4 Å². The van der Waals surface area contributed by atoms with Gasteiger partial charge in [0, 0.05) is 5.56 Å². The summed E-state index contributed by atoms with van der Waals surface area (Å²) in [4.78, 5) is 12.7. The molecule has 8 heteroatoms. The number of nitrogens with one attached hydrogen (secondary N) is 2. The molecule has 0 spiro atoms. The summed E-state index contributed by atoms with van der Waals surface area (Å²) in [5.41, 5.74) is 0.748. The molecule has 0 aliphatic heterocycles. The number of alkyl halides is 3. The van der Waals surface area contributed by atoms with Crippen LogP contribution in [0.5, 0.6) is 11.5 Å². The monoisotopic (exact) mass is 410 g/mol. The summed E-state index contributed by atoms with van der Waals surface area (Å²) in [6.45, 7) is 3.75. The summed E-state index contributed by atoms with van der Waals surface area (Å²) in [6.07, 6.45) is -2.74. The van der Waals surface area contributed by atoms with Crippen molar-refractivity contribution in [2.24, 2.45) is 0 Å². The van der Waals surface area contributed by atoms with Crippen molar-refractivity contribution in [3.8, 4) is 11.5 Å². The van der Waals surface area contributed by atoms with E-state index < -0.39 is 18.6 Å². The third-order valence-electron chi connectivity index (χ3n) is 3.78. The van der Waals surface area contributed by atoms with Crippen LogP contribution in [0.1, 0.15) is 37.0 Å². The minimum Gasteiger partial charge on any atom is -0.490 e. The lowest BCUT2D eigenvalue weighted by Crippen LogP contribution is -2.22. The van der Waals surface area contributed by atoms with E-state index in [4.69, 9.17) is 9.47 Å². The fraction of sp³-hybridized carbons (Fsp3) is 0.381. The molecular weight excluding hydrogens is 385 g/mol. The average molecular weight is 410 g/mol. The van der Waals surface area contributed by atoms with Gasteiger partial charge in [-0.05, 0) is 43.2 Å². The van der Waals surface area contributed by atoms with E-state index in [0.717, 1.165) is 12.8 Å². The second kappa shape index (κ2) is 10.6. The second-order valence-corrected chi connectivity index (χ2v) is 6.33. The number of rotatable bonds is 10. The van der Waals surface area contributed by atoms with Crippen molar-refractivity contribution in [2.45, 2.75) is 32.9 Å². The van der Waals surface area contributed by atoms with Gasteiger partial charge in [-0.3, -0.25) is 4.79 Å². The molecule has 29 heavy (non-hydrogen) atoms. The van der Waals surface area contributed by atoms with Crippen LogP contribution in [0.25, 0.3) is 0 Å². The van der Waals surface area contributed by atoms with Gasteiger partial charge in [0.2, 0.25) is 0 Å². The molecule has 2 aromatic rings. The molecule has 0 aliphatic rings. The van der Waals surface area contributed by atoms with Crippen LogP contribution >= 0.6 is 0 Å². The van der Waals surface area contributed by atoms with E-state index in [-0.39, 0.29) is 11.4 Å². The molecule has 5 nitrogen and oxygen atoms in total. The van der Waals surface area contributed by atoms with Gasteiger partial charge in [-0.1, -0.05) is 26.0 Å². The van der Waals surface area contributed by atoms with Gasteiger partial charge < -0.3 is 20.1 Å². The molecule has 0 aliphatic carbocycles. The summed E-state index contributed by atoms with van der Waals surface area (Å²) in [6, 6.07) is 11.0. The van der Waals surface area contributed by atoms with Crippen LogP contribution in [0.2, 0.25) is 0 Å². The first-order valence-corrected chi connectivity index (χ1v) is 9.44. The van der Waals surface area contributed by atoms with E-state index in [9.17, 15) is 18.0 Å². The fourth-order valence-corrected chi connectivity index (χ4v) is 2.44. The lowest BCUT2D eigenvalue weighted by molar-refractivity contribution is -0.115. The van der Waals surface area contributed by atoms with E-state index in [1.807, 2.05) is 13.8 Å². The molecule has 1 amide bonds. The minimum absolute atomic E-state index is 0.184. The number of amides is 1. The highest BCUT2D eigenvalue weighted by atomic mass is 19.4. The zero-order valence-electron chi connectivity index (χ0n) is 16.4. The lowest BCUT2D eigenvalue weighted by Gasteiger charge is -2.16. The van der Waals surface area contributed by atoms with Gasteiger partial charge in [0.25, 0.3) is 5.91 Å². The number of para-hydroxylation sites is 2. The maximum Gasteiger partial charge on any atom is 0.405 e. The number of carbonyl (C=O) groups excluding carboxylic acids is 1. The molecule has 0 heterocycles. The topological polar surface area (TPSA) is 59.6 Å². The first-order chi connectivity index (χ1) is 13.8. The minimum atomic E-state index is -4.36. The number of ether oxygens (including phenoxy) is 2. The Morgan fingerprint density at radius 3 is 2.17 bits per heavy atom. The molecule has 0 saturated carbocycles. The molecule has 2 rings (SSSR count). The van der Waals surface area contributed by atoms with Crippen LogP contribution in [0.3, 0.4) is 0 Å². The smallest absolute Gasteiger partial charge is 0.405 e. The number of benzene rings is 2. The summed E-state index contributed by atoms with van der Waals surface area (Å²) >= 11 is 0. The Morgan fingerprint density at radius 2 is 1.55 bits per heavy atom. The predicted molar refractivity (Wildman–Crippen MR) is 107 cm³/mol. The highest BCUT2D eigenvalue weighted by Crippen LogP contribution is 2.30. The third-order valence-corrected chi connectivity index (χ3v) is 3.78. The average Bonchev–Trinajstić information content (AvgIpc) is 2.69. The molecule has 2 N–H and O–H groups in total. The van der Waals surface area contributed by atoms with Gasteiger partial charge >= 0.3 is 6.18 Å². The first kappa shape index (κ1) is 22.4. The maximum atomic E-state index is 12.7. The highest BCUT2D eigenvalue weighted by Gasteiger charge is 2.27. The Bertz CT molecular complexity index is 810. The van der Waals surface area contributed by atoms with Crippen LogP contribution in [0, 0.1) is 0 Å². The Balaban J connectivity index is 2.18. The van der Waals surface area contributed by atoms with E-state index in [1.165, 1.54) is 12.1 Å². The van der Waals surface area contributed by atoms with Crippen molar-refractivity contribution in [2.75, 3.05) is 30.4 Å². The van der Waals surface area contributed by atoms with Crippen molar-refractivity contribution in [3.63, 3.8) is 0 Å². The van der Waals surface area contributed by atoms with Crippen LogP contribution in [0.4, 0.5) is 24.5 Å². The van der Waals surface area contributed by atoms with Gasteiger partial charge in [-0.2, -0.15) is 13.2 Å². The number of halogens is 3. The molecule has 0 radical (unpaired) electrons. The second-order valence-electron chi connectivity index (χ2n) is 6.33. The SMILES string of the molecule is CCCOc1ccc(C(=O)Nc2ccccc2NCC(F)(F)F)cc1OCCC. The van der Waals surface area contributed by atoms with Gasteiger partial charge in [-0.15, -0.1) is 0 Å². The molecule has 0 unspecified atom stereocenters. The van der Waals surface area contributed by atoms with Gasteiger partial charge in [0.05, 0.1) is 24.6 Å². The van der Waals surface area contributed by atoms with Crippen LogP contribution in [0.15, 0.2) is 42.5 Å². The van der Waals surface area contributed by atoms with Gasteiger partial charge in [-0.25, -0.2) is 0 Å². The predicted octanol–water partition coefficient (Wildman–Crippen LogP) is 5.49. The molecular formula is C21H25F3N2O3. The Hall–Kier alpha value is -2.90. The maximum absolute atomic E-state index is 12.7. The number of hydrogen-bond acceptors (Lipinski definition) is 4. The van der Waals surface area contributed by atoms with Crippen molar-refractivity contribution in [1.29, 1.82) is 0 Å². The van der Waals surface area contributed by atoms with Crippen molar-refractivity contribution in [1.82, 2.24) is 0 Å². The van der Waals surface area contributed by atoms with Crippen LogP contribution in [-0.2, 0) is 0 Å². The molecule has 0 aromatic heterocycles. The normalized spacial score (nSPS) is 11.1. The molecule has 0 atom stereocenters. The lowest BCUT2D eigenvalue weighted by atomic mass is 10.1. The summed E-state index contributed by atoms with van der Waals surface area (Å²) in [5, 5.41) is 4.94. The van der Waals surface area contributed by atoms with E-state index in [0.29, 0.717) is 30.3 Å². The van der Waals surface area contributed by atoms with E-state index in [1.54, 1.807) is 30.3 Å². The largest absolute Gasteiger partial charge is 0.490 e. The first-order valence-electron chi connectivity index (χ1n) is 9.44. The van der Waals surface area contributed by atoms with Gasteiger partial charge in [0.15, 0.2) is 11.5 Å². The molecule has 0 bridgehead atoms. The van der Waals surface area contributed by atoms with Crippen LogP contribution in [-0.4, -0.2) is 31.8 Å². The van der Waals surface area contributed by atoms with Crippen molar-refractivity contribution >= 4 is 17.3 Å². The Labute approximate surface area is 168 Å². The zero-order valence-corrected chi connectivity index (χ0v) is 16.4. The Kier molecular flexibility index (Phi) is 8.18. The van der Waals surface area contributed by atoms with E-state index in [2.05, 4.69) is 10.6 Å². The molecule has 0 saturated heterocycles. The quantitative estimate of drug-likeness (QED) is 0.544. The number of anilines is 2.